The number of halogens is 1. The number of fused-ring (bicyclic) bond motifs is 2. The third kappa shape index (κ3) is 2.90. The molecule has 2 atom stereocenters. The number of hydrazine groups is 1. The molecule has 1 aromatic carbocycles. The topological polar surface area (TPSA) is 108 Å². The third-order valence-electron chi connectivity index (χ3n) is 6.00. The quantitative estimate of drug-likeness (QED) is 0.341. The van der Waals surface area contributed by atoms with Crippen LogP contribution in [-0.4, -0.2) is 41.3 Å². The van der Waals surface area contributed by atoms with Crippen LogP contribution >= 0.6 is 0 Å². The van der Waals surface area contributed by atoms with Gasteiger partial charge < -0.3 is 9.47 Å². The number of carbonyl (C=O) groups is 1. The van der Waals surface area contributed by atoms with Gasteiger partial charge in [-0.15, -0.1) is 0 Å². The fraction of sp³-hybridized carbons (Fsp3) is 0.526. The van der Waals surface area contributed by atoms with Crippen molar-refractivity contribution in [2.75, 3.05) is 14.2 Å². The minimum Gasteiger partial charge on any atom is -0.350 e. The van der Waals surface area contributed by atoms with Gasteiger partial charge in [0.15, 0.2) is 0 Å². The molecule has 1 aromatic rings. The van der Waals surface area contributed by atoms with Crippen LogP contribution in [-0.2, 0) is 20.7 Å². The van der Waals surface area contributed by atoms with E-state index in [2.05, 4.69) is 0 Å². The van der Waals surface area contributed by atoms with Gasteiger partial charge in [0.05, 0.1) is 4.92 Å². The van der Waals surface area contributed by atoms with E-state index >= 15 is 0 Å². The van der Waals surface area contributed by atoms with E-state index in [9.17, 15) is 19.3 Å². The molecule has 2 unspecified atom stereocenters. The van der Waals surface area contributed by atoms with Gasteiger partial charge in [0.1, 0.15) is 28.8 Å². The van der Waals surface area contributed by atoms with E-state index in [-0.39, 0.29) is 36.6 Å². The van der Waals surface area contributed by atoms with Gasteiger partial charge in [0, 0.05) is 27.1 Å². The summed E-state index contributed by atoms with van der Waals surface area (Å²) in [6.45, 7) is 1.72. The molecule has 0 saturated heterocycles. The van der Waals surface area contributed by atoms with Crippen LogP contribution in [0.1, 0.15) is 31.7 Å². The minimum absolute atomic E-state index is 0.0483. The van der Waals surface area contributed by atoms with E-state index in [1.807, 2.05) is 0 Å². The van der Waals surface area contributed by atoms with Crippen LogP contribution in [0.4, 0.5) is 4.39 Å². The minimum atomic E-state index is -1.42. The second kappa shape index (κ2) is 7.23. The number of nitro groups is 1. The summed E-state index contributed by atoms with van der Waals surface area (Å²) in [5.41, 5.74) is -0.113. The Morgan fingerprint density at radius 2 is 1.89 bits per heavy atom. The number of Topliss-reactive ketones (excluding diaryl/α,β-unsaturated/α-hetero) is 1. The summed E-state index contributed by atoms with van der Waals surface area (Å²) in [5.74, 6) is 3.58. The molecular formula is C19H24FN3O5. The maximum absolute atomic E-state index is 13.1. The zero-order valence-electron chi connectivity index (χ0n) is 16.1. The predicted octanol–water partition coefficient (Wildman–Crippen LogP) is 2.16. The van der Waals surface area contributed by atoms with Crippen molar-refractivity contribution < 1.29 is 23.6 Å². The summed E-state index contributed by atoms with van der Waals surface area (Å²) in [4.78, 5) is 23.8. The number of nitrogens with two attached hydrogens (primary N) is 1. The van der Waals surface area contributed by atoms with Crippen LogP contribution in [0, 0.1) is 21.8 Å². The molecule has 1 aliphatic carbocycles. The number of hydrogen-bond donors (Lipinski definition) is 1. The Kier molecular flexibility index (Phi) is 5.26. The molecule has 0 radical (unpaired) electrons. The van der Waals surface area contributed by atoms with Crippen molar-refractivity contribution in [1.29, 1.82) is 0 Å². The largest absolute Gasteiger partial charge is 0.350 e. The Hall–Kier alpha value is -2.36. The molecule has 0 aromatic heterocycles. The number of ether oxygens (including phenoxy) is 2. The molecule has 28 heavy (non-hydrogen) atoms. The molecule has 152 valence electrons. The number of rotatable bonds is 6. The number of carbonyl (C=O) groups excluding carboxylic acids is 1. The lowest BCUT2D eigenvalue weighted by atomic mass is 9.65. The summed E-state index contributed by atoms with van der Waals surface area (Å²) < 4.78 is 24.4. The average molecular weight is 393 g/mol. The smallest absolute Gasteiger partial charge is 0.275 e. The molecule has 2 aliphatic rings. The van der Waals surface area contributed by atoms with E-state index in [4.69, 9.17) is 15.3 Å². The number of hydrogen-bond acceptors (Lipinski definition) is 7. The van der Waals surface area contributed by atoms with Crippen molar-refractivity contribution in [1.82, 2.24) is 5.01 Å². The lowest BCUT2D eigenvalue weighted by molar-refractivity contribution is -0.458. The van der Waals surface area contributed by atoms with Crippen LogP contribution in [0.5, 0.6) is 0 Å². The molecular weight excluding hydrogens is 369 g/mol. The Morgan fingerprint density at radius 3 is 2.43 bits per heavy atom. The van der Waals surface area contributed by atoms with Gasteiger partial charge in [-0.05, 0) is 37.5 Å². The van der Waals surface area contributed by atoms with Crippen LogP contribution in [0.2, 0.25) is 0 Å². The highest BCUT2D eigenvalue weighted by molar-refractivity contribution is 5.82. The fourth-order valence-corrected chi connectivity index (χ4v) is 4.67. The number of ketones is 1. The van der Waals surface area contributed by atoms with Crippen molar-refractivity contribution in [3.8, 4) is 0 Å². The molecule has 3 rings (SSSR count). The van der Waals surface area contributed by atoms with E-state index < -0.39 is 22.2 Å². The van der Waals surface area contributed by atoms with Crippen LogP contribution in [0.15, 0.2) is 35.7 Å². The van der Waals surface area contributed by atoms with Gasteiger partial charge in [0.2, 0.25) is 5.79 Å². The van der Waals surface area contributed by atoms with Crippen LogP contribution < -0.4 is 5.84 Å². The van der Waals surface area contributed by atoms with Crippen LogP contribution in [0.3, 0.4) is 0 Å². The van der Waals surface area contributed by atoms with E-state index in [0.717, 1.165) is 5.56 Å². The van der Waals surface area contributed by atoms with Gasteiger partial charge in [-0.2, -0.15) is 0 Å². The first-order valence-corrected chi connectivity index (χ1v) is 8.99. The van der Waals surface area contributed by atoms with Crippen molar-refractivity contribution in [2.45, 2.75) is 43.9 Å². The Labute approximate surface area is 162 Å². The molecule has 2 N–H and O–H groups in total. The first kappa shape index (κ1) is 20.4. The molecule has 1 aliphatic heterocycles. The monoisotopic (exact) mass is 393 g/mol. The van der Waals surface area contributed by atoms with Crippen molar-refractivity contribution >= 4 is 5.78 Å². The summed E-state index contributed by atoms with van der Waals surface area (Å²) in [7, 11) is 2.80. The number of nitrogens with zero attached hydrogens (tertiary/aromatic N) is 2. The lowest BCUT2D eigenvalue weighted by Gasteiger charge is -2.58. The number of allylic oxidation sites excluding steroid dienone is 1. The number of aryl methyl sites for hydroxylation is 1. The molecule has 9 heteroatoms. The molecule has 1 fully saturated rings. The predicted molar refractivity (Wildman–Crippen MR) is 97.7 cm³/mol. The van der Waals surface area contributed by atoms with Crippen LogP contribution in [0.25, 0.3) is 0 Å². The second-order valence-corrected chi connectivity index (χ2v) is 7.41. The molecule has 8 nitrogen and oxygen atoms in total. The van der Waals surface area contributed by atoms with Gasteiger partial charge in [0.25, 0.3) is 5.70 Å². The molecule has 0 amide bonds. The number of benzene rings is 1. The van der Waals surface area contributed by atoms with Crippen molar-refractivity contribution in [3.63, 3.8) is 0 Å². The summed E-state index contributed by atoms with van der Waals surface area (Å²) in [6.07, 6.45) is 0.695. The highest BCUT2D eigenvalue weighted by atomic mass is 19.1. The Bertz CT molecular complexity index is 821. The lowest BCUT2D eigenvalue weighted by Crippen LogP contribution is -2.75. The zero-order valence-corrected chi connectivity index (χ0v) is 16.1. The highest BCUT2D eigenvalue weighted by Crippen LogP contribution is 2.53. The van der Waals surface area contributed by atoms with Crippen molar-refractivity contribution in [3.05, 3.63) is 57.2 Å². The van der Waals surface area contributed by atoms with E-state index in [0.29, 0.717) is 12.1 Å². The van der Waals surface area contributed by atoms with E-state index in [1.165, 1.54) is 31.4 Å². The Morgan fingerprint density at radius 1 is 1.29 bits per heavy atom. The first-order chi connectivity index (χ1) is 13.2. The van der Waals surface area contributed by atoms with E-state index in [1.54, 1.807) is 19.1 Å². The summed E-state index contributed by atoms with van der Waals surface area (Å²) >= 11 is 0. The molecule has 2 bridgehead atoms. The summed E-state index contributed by atoms with van der Waals surface area (Å²) in [6, 6.07) is 5.95. The fourth-order valence-electron chi connectivity index (χ4n) is 4.67. The second-order valence-electron chi connectivity index (χ2n) is 7.41. The summed E-state index contributed by atoms with van der Waals surface area (Å²) in [5, 5.41) is 13.3. The number of methoxy groups -OCH3 is 2. The van der Waals surface area contributed by atoms with Gasteiger partial charge in [-0.1, -0.05) is 12.1 Å². The molecule has 1 heterocycles. The van der Waals surface area contributed by atoms with Gasteiger partial charge >= 0.3 is 0 Å². The van der Waals surface area contributed by atoms with Crippen molar-refractivity contribution in [2.24, 2.45) is 11.8 Å². The normalized spacial score (nSPS) is 26.5. The third-order valence-corrected chi connectivity index (χ3v) is 6.00. The molecule has 0 spiro atoms. The SMILES string of the molecule is COC1(OC)C2CC(=O)CC1(C)N(N)C(CCc1ccc(F)cc1)=C2[N+](=O)[O-]. The maximum atomic E-state index is 13.1. The van der Waals surface area contributed by atoms with Gasteiger partial charge in [-0.25, -0.2) is 10.2 Å². The highest BCUT2D eigenvalue weighted by Gasteiger charge is 2.68. The zero-order chi connectivity index (χ0) is 20.7. The Balaban J connectivity index is 2.08. The maximum Gasteiger partial charge on any atom is 0.275 e. The van der Waals surface area contributed by atoms with Gasteiger partial charge in [-0.3, -0.25) is 19.9 Å². The standard InChI is InChI=1S/C19H24FN3O5/c1-18-11-14(24)10-15(19(18,27-2)28-3)17(23(25)26)16(22(18)21)9-6-12-4-7-13(20)8-5-12/h4-5,7-8,15H,6,9-11,21H2,1-3H3. The first-order valence-electron chi connectivity index (χ1n) is 8.99. The molecule has 1 saturated carbocycles. The average Bonchev–Trinajstić information content (AvgIpc) is 2.64.